The Labute approximate surface area is 115 Å². The second-order valence-corrected chi connectivity index (χ2v) is 5.05. The van der Waals surface area contributed by atoms with Crippen LogP contribution in [0.3, 0.4) is 0 Å². The summed E-state index contributed by atoms with van der Waals surface area (Å²) in [7, 11) is 1.89. The predicted molar refractivity (Wildman–Crippen MR) is 72.2 cm³/mol. The van der Waals surface area contributed by atoms with Gasteiger partial charge in [-0.25, -0.2) is 0 Å². The van der Waals surface area contributed by atoms with Gasteiger partial charge in [0.05, 0.1) is 21.6 Å². The van der Waals surface area contributed by atoms with Gasteiger partial charge in [-0.15, -0.1) is 0 Å². The standard InChI is InChI=1S/C12H17BrN4O/c1-4-17-9(5-6-14-17)11(18)7-10-12(13)8(2)15-16(10)3/h5-6,11,18H,4,7H2,1-3H3. The van der Waals surface area contributed by atoms with Crippen molar-refractivity contribution in [3.63, 3.8) is 0 Å². The molecule has 1 atom stereocenters. The lowest BCUT2D eigenvalue weighted by Gasteiger charge is -2.13. The first kappa shape index (κ1) is 13.3. The highest BCUT2D eigenvalue weighted by atomic mass is 79.9. The minimum atomic E-state index is -0.571. The molecule has 0 fully saturated rings. The monoisotopic (exact) mass is 312 g/mol. The largest absolute Gasteiger partial charge is 0.386 e. The van der Waals surface area contributed by atoms with Crippen LogP contribution < -0.4 is 0 Å². The number of nitrogens with zero attached hydrogens (tertiary/aromatic N) is 4. The zero-order chi connectivity index (χ0) is 13.3. The Morgan fingerprint density at radius 2 is 2.22 bits per heavy atom. The molecule has 6 heteroatoms. The van der Waals surface area contributed by atoms with E-state index in [4.69, 9.17) is 0 Å². The molecule has 2 aromatic heterocycles. The maximum absolute atomic E-state index is 10.3. The van der Waals surface area contributed by atoms with E-state index in [0.717, 1.165) is 28.1 Å². The van der Waals surface area contributed by atoms with Gasteiger partial charge < -0.3 is 5.11 Å². The smallest absolute Gasteiger partial charge is 0.101 e. The van der Waals surface area contributed by atoms with Gasteiger partial charge in [0.15, 0.2) is 0 Å². The molecule has 0 spiro atoms. The summed E-state index contributed by atoms with van der Waals surface area (Å²) >= 11 is 3.51. The number of aliphatic hydroxyl groups excluding tert-OH is 1. The number of hydrogen-bond acceptors (Lipinski definition) is 3. The first-order chi connectivity index (χ1) is 8.54. The molecule has 2 rings (SSSR count). The summed E-state index contributed by atoms with van der Waals surface area (Å²) in [5.41, 5.74) is 2.76. The quantitative estimate of drug-likeness (QED) is 0.939. The summed E-state index contributed by atoms with van der Waals surface area (Å²) in [6.07, 6.45) is 1.66. The summed E-state index contributed by atoms with van der Waals surface area (Å²) in [4.78, 5) is 0. The summed E-state index contributed by atoms with van der Waals surface area (Å²) in [5, 5.41) is 18.8. The lowest BCUT2D eigenvalue weighted by Crippen LogP contribution is -2.12. The molecule has 0 bridgehead atoms. The van der Waals surface area contributed by atoms with Crippen molar-refractivity contribution >= 4 is 15.9 Å². The van der Waals surface area contributed by atoms with E-state index in [-0.39, 0.29) is 0 Å². The van der Waals surface area contributed by atoms with Crippen LogP contribution in [0.25, 0.3) is 0 Å². The third-order valence-corrected chi connectivity index (χ3v) is 4.07. The maximum atomic E-state index is 10.3. The average Bonchev–Trinajstić information content (AvgIpc) is 2.90. The first-order valence-electron chi connectivity index (χ1n) is 5.92. The van der Waals surface area contributed by atoms with E-state index in [1.807, 2.05) is 31.6 Å². The van der Waals surface area contributed by atoms with Gasteiger partial charge in [-0.2, -0.15) is 10.2 Å². The Hall–Kier alpha value is -1.14. The van der Waals surface area contributed by atoms with Gasteiger partial charge in [-0.05, 0) is 35.8 Å². The summed E-state index contributed by atoms with van der Waals surface area (Å²) in [5.74, 6) is 0. The SMILES string of the molecule is CCn1nccc1C(O)Cc1c(Br)c(C)nn1C. The highest BCUT2D eigenvalue weighted by Crippen LogP contribution is 2.25. The fourth-order valence-corrected chi connectivity index (χ4v) is 2.58. The van der Waals surface area contributed by atoms with Gasteiger partial charge in [-0.1, -0.05) is 0 Å². The fourth-order valence-electron chi connectivity index (χ4n) is 2.08. The molecular formula is C12H17BrN4O. The zero-order valence-electron chi connectivity index (χ0n) is 10.8. The van der Waals surface area contributed by atoms with E-state index in [1.54, 1.807) is 10.9 Å². The van der Waals surface area contributed by atoms with Crippen LogP contribution in [0.15, 0.2) is 16.7 Å². The topological polar surface area (TPSA) is 55.9 Å². The van der Waals surface area contributed by atoms with Crippen molar-refractivity contribution in [3.8, 4) is 0 Å². The number of hydrogen-bond donors (Lipinski definition) is 1. The van der Waals surface area contributed by atoms with E-state index >= 15 is 0 Å². The van der Waals surface area contributed by atoms with Crippen molar-refractivity contribution in [1.82, 2.24) is 19.6 Å². The molecule has 0 aromatic carbocycles. The number of rotatable bonds is 4. The van der Waals surface area contributed by atoms with Crippen LogP contribution in [0.1, 0.15) is 30.1 Å². The third-order valence-electron chi connectivity index (χ3n) is 3.04. The molecule has 0 radical (unpaired) electrons. The Morgan fingerprint density at radius 1 is 1.50 bits per heavy atom. The van der Waals surface area contributed by atoms with E-state index in [0.29, 0.717) is 6.42 Å². The number of aryl methyl sites for hydroxylation is 3. The van der Waals surface area contributed by atoms with Gasteiger partial charge in [-0.3, -0.25) is 9.36 Å². The van der Waals surface area contributed by atoms with Gasteiger partial charge >= 0.3 is 0 Å². The van der Waals surface area contributed by atoms with Gasteiger partial charge in [0, 0.05) is 26.2 Å². The van der Waals surface area contributed by atoms with E-state index < -0.39 is 6.10 Å². The van der Waals surface area contributed by atoms with Crippen LogP contribution in [-0.2, 0) is 20.0 Å². The van der Waals surface area contributed by atoms with Crippen LogP contribution >= 0.6 is 15.9 Å². The normalized spacial score (nSPS) is 12.9. The molecular weight excluding hydrogens is 296 g/mol. The minimum absolute atomic E-state index is 0.517. The van der Waals surface area contributed by atoms with Crippen molar-refractivity contribution < 1.29 is 5.11 Å². The van der Waals surface area contributed by atoms with Crippen LogP contribution in [0.4, 0.5) is 0 Å². The predicted octanol–water partition coefficient (Wildman–Crippen LogP) is 1.98. The molecule has 0 aliphatic rings. The van der Waals surface area contributed by atoms with Crippen LogP contribution in [0, 0.1) is 6.92 Å². The van der Waals surface area contributed by atoms with E-state index in [2.05, 4.69) is 26.1 Å². The molecule has 0 aliphatic heterocycles. The summed E-state index contributed by atoms with van der Waals surface area (Å²) in [6.45, 7) is 4.70. The van der Waals surface area contributed by atoms with Crippen molar-refractivity contribution in [2.45, 2.75) is 32.9 Å². The van der Waals surface area contributed by atoms with Crippen molar-refractivity contribution in [3.05, 3.63) is 33.8 Å². The molecule has 2 heterocycles. The van der Waals surface area contributed by atoms with Crippen molar-refractivity contribution in [2.75, 3.05) is 0 Å². The Balaban J connectivity index is 2.24. The van der Waals surface area contributed by atoms with E-state index in [1.165, 1.54) is 0 Å². The molecule has 98 valence electrons. The highest BCUT2D eigenvalue weighted by molar-refractivity contribution is 9.10. The summed E-state index contributed by atoms with van der Waals surface area (Å²) < 4.78 is 4.57. The maximum Gasteiger partial charge on any atom is 0.101 e. The van der Waals surface area contributed by atoms with Gasteiger partial charge in [0.2, 0.25) is 0 Å². The summed E-state index contributed by atoms with van der Waals surface area (Å²) in [6, 6.07) is 1.85. The molecule has 1 unspecified atom stereocenters. The van der Waals surface area contributed by atoms with Crippen molar-refractivity contribution in [2.24, 2.45) is 7.05 Å². The molecule has 0 saturated heterocycles. The van der Waals surface area contributed by atoms with E-state index in [9.17, 15) is 5.11 Å². The molecule has 2 aromatic rings. The van der Waals surface area contributed by atoms with Crippen LogP contribution in [-0.4, -0.2) is 24.7 Å². The lowest BCUT2D eigenvalue weighted by atomic mass is 10.1. The van der Waals surface area contributed by atoms with Crippen molar-refractivity contribution in [1.29, 1.82) is 0 Å². The van der Waals surface area contributed by atoms with Crippen LogP contribution in [0.2, 0.25) is 0 Å². The van der Waals surface area contributed by atoms with Gasteiger partial charge in [0.1, 0.15) is 6.10 Å². The Bertz CT molecular complexity index is 546. The minimum Gasteiger partial charge on any atom is -0.386 e. The third kappa shape index (κ3) is 2.35. The fraction of sp³-hybridized carbons (Fsp3) is 0.500. The molecule has 1 N–H and O–H groups in total. The lowest BCUT2D eigenvalue weighted by molar-refractivity contribution is 0.164. The number of aliphatic hydroxyl groups is 1. The van der Waals surface area contributed by atoms with Gasteiger partial charge in [0.25, 0.3) is 0 Å². The molecule has 5 nitrogen and oxygen atoms in total. The molecule has 18 heavy (non-hydrogen) atoms. The Kier molecular flexibility index (Phi) is 3.87. The Morgan fingerprint density at radius 3 is 2.78 bits per heavy atom. The molecule has 0 aliphatic carbocycles. The second-order valence-electron chi connectivity index (χ2n) is 4.26. The average molecular weight is 313 g/mol. The number of halogens is 1. The zero-order valence-corrected chi connectivity index (χ0v) is 12.3. The highest BCUT2D eigenvalue weighted by Gasteiger charge is 2.18. The molecule has 0 amide bonds. The van der Waals surface area contributed by atoms with Crippen LogP contribution in [0.5, 0.6) is 0 Å². The molecule has 0 saturated carbocycles. The first-order valence-corrected chi connectivity index (χ1v) is 6.71. The second kappa shape index (κ2) is 5.24. The number of aromatic nitrogens is 4.